The van der Waals surface area contributed by atoms with Crippen LogP contribution in [0.25, 0.3) is 5.70 Å². The molecule has 5 rings (SSSR count). The van der Waals surface area contributed by atoms with Crippen LogP contribution in [-0.4, -0.2) is 62.5 Å². The van der Waals surface area contributed by atoms with Crippen molar-refractivity contribution in [1.29, 1.82) is 0 Å². The molecule has 1 aliphatic heterocycles. The van der Waals surface area contributed by atoms with Gasteiger partial charge in [-0.05, 0) is 48.4 Å². The zero-order valence-corrected chi connectivity index (χ0v) is 21.7. The molecule has 0 saturated carbocycles. The van der Waals surface area contributed by atoms with Gasteiger partial charge in [0.05, 0.1) is 0 Å². The maximum atomic E-state index is 4.73. The summed E-state index contributed by atoms with van der Waals surface area (Å²) in [6.07, 6.45) is 7.26. The van der Waals surface area contributed by atoms with Crippen LogP contribution in [0, 0.1) is 0 Å². The standard InChI is InChI=1S/C29H33N9/c1-3-26-33-28(34-27-10-9-24(21-31-27)22(2)32-25-7-5-4-6-8-25)36-29(35-26)38-19-17-37(18-20-38)16-13-23-11-14-30-15-12-23/h4-12,14-15,21,32H,2-3,13,16-20H2,1H3,(H,31,33,34,35,36). The minimum Gasteiger partial charge on any atom is -0.355 e. The van der Waals surface area contributed by atoms with E-state index < -0.39 is 0 Å². The highest BCUT2D eigenvalue weighted by atomic mass is 15.3. The summed E-state index contributed by atoms with van der Waals surface area (Å²) in [4.78, 5) is 27.4. The summed E-state index contributed by atoms with van der Waals surface area (Å²) in [6, 6.07) is 18.0. The molecule has 0 bridgehead atoms. The van der Waals surface area contributed by atoms with Gasteiger partial charge in [-0.1, -0.05) is 31.7 Å². The molecule has 3 aromatic heterocycles. The van der Waals surface area contributed by atoms with Gasteiger partial charge in [0.2, 0.25) is 11.9 Å². The van der Waals surface area contributed by atoms with Crippen LogP contribution in [0.4, 0.5) is 23.4 Å². The van der Waals surface area contributed by atoms with Gasteiger partial charge < -0.3 is 15.5 Å². The molecule has 0 amide bonds. The lowest BCUT2D eigenvalue weighted by Gasteiger charge is -2.34. The Labute approximate surface area is 223 Å². The molecule has 1 aromatic carbocycles. The zero-order valence-electron chi connectivity index (χ0n) is 21.7. The number of benzene rings is 1. The number of nitrogens with zero attached hydrogens (tertiary/aromatic N) is 7. The Morgan fingerprint density at radius 2 is 1.71 bits per heavy atom. The molecule has 1 aliphatic rings. The van der Waals surface area contributed by atoms with Crippen LogP contribution in [0.5, 0.6) is 0 Å². The van der Waals surface area contributed by atoms with Crippen LogP contribution in [0.2, 0.25) is 0 Å². The van der Waals surface area contributed by atoms with E-state index in [2.05, 4.69) is 61.0 Å². The van der Waals surface area contributed by atoms with E-state index in [1.54, 1.807) is 6.20 Å². The molecule has 1 fully saturated rings. The molecule has 2 N–H and O–H groups in total. The predicted octanol–water partition coefficient (Wildman–Crippen LogP) is 4.42. The maximum absolute atomic E-state index is 4.73. The molecule has 0 atom stereocenters. The van der Waals surface area contributed by atoms with Crippen LogP contribution in [0.1, 0.15) is 23.9 Å². The number of rotatable bonds is 10. The van der Waals surface area contributed by atoms with Gasteiger partial charge in [0.15, 0.2) is 0 Å². The van der Waals surface area contributed by atoms with Gasteiger partial charge in [-0.15, -0.1) is 0 Å². The van der Waals surface area contributed by atoms with Crippen molar-refractivity contribution in [2.75, 3.05) is 48.3 Å². The maximum Gasteiger partial charge on any atom is 0.233 e. The van der Waals surface area contributed by atoms with E-state index in [4.69, 9.17) is 9.97 Å². The highest BCUT2D eigenvalue weighted by Gasteiger charge is 2.20. The monoisotopic (exact) mass is 507 g/mol. The van der Waals surface area contributed by atoms with Gasteiger partial charge >= 0.3 is 0 Å². The molecule has 194 valence electrons. The van der Waals surface area contributed by atoms with Gasteiger partial charge in [0, 0.05) is 74.7 Å². The Morgan fingerprint density at radius 1 is 0.921 bits per heavy atom. The smallest absolute Gasteiger partial charge is 0.233 e. The second kappa shape index (κ2) is 12.2. The van der Waals surface area contributed by atoms with Gasteiger partial charge in [-0.25, -0.2) is 4.98 Å². The van der Waals surface area contributed by atoms with Crippen LogP contribution in [0.15, 0.2) is 79.8 Å². The van der Waals surface area contributed by atoms with Crippen LogP contribution in [0.3, 0.4) is 0 Å². The van der Waals surface area contributed by atoms with E-state index in [0.717, 1.165) is 68.3 Å². The van der Waals surface area contributed by atoms with Crippen molar-refractivity contribution in [3.63, 3.8) is 0 Å². The summed E-state index contributed by atoms with van der Waals surface area (Å²) >= 11 is 0. The summed E-state index contributed by atoms with van der Waals surface area (Å²) in [6.45, 7) is 10.9. The number of piperazine rings is 1. The molecule has 9 heteroatoms. The van der Waals surface area contributed by atoms with Crippen molar-refractivity contribution in [1.82, 2.24) is 29.8 Å². The Morgan fingerprint density at radius 3 is 2.42 bits per heavy atom. The van der Waals surface area contributed by atoms with E-state index in [1.165, 1.54) is 5.56 Å². The van der Waals surface area contributed by atoms with E-state index in [1.807, 2.05) is 54.9 Å². The number of pyridine rings is 2. The van der Waals surface area contributed by atoms with Gasteiger partial charge in [0.25, 0.3) is 0 Å². The Balaban J connectivity index is 1.19. The summed E-state index contributed by atoms with van der Waals surface area (Å²) in [5, 5.41) is 6.56. The van der Waals surface area contributed by atoms with E-state index in [0.29, 0.717) is 17.7 Å². The van der Waals surface area contributed by atoms with Crippen LogP contribution < -0.4 is 15.5 Å². The number of hydrogen-bond donors (Lipinski definition) is 2. The largest absolute Gasteiger partial charge is 0.355 e. The van der Waals surface area contributed by atoms with Gasteiger partial charge in [0.1, 0.15) is 11.6 Å². The molecule has 0 spiro atoms. The Bertz CT molecular complexity index is 1320. The molecule has 0 unspecified atom stereocenters. The van der Waals surface area contributed by atoms with Crippen LogP contribution >= 0.6 is 0 Å². The van der Waals surface area contributed by atoms with Crippen molar-refractivity contribution >= 4 is 29.1 Å². The van der Waals surface area contributed by atoms with Crippen LogP contribution in [-0.2, 0) is 12.8 Å². The number of anilines is 4. The quantitative estimate of drug-likeness (QED) is 0.323. The fourth-order valence-electron chi connectivity index (χ4n) is 4.30. The molecule has 9 nitrogen and oxygen atoms in total. The van der Waals surface area contributed by atoms with Crippen molar-refractivity contribution in [2.45, 2.75) is 19.8 Å². The summed E-state index contributed by atoms with van der Waals surface area (Å²) in [5.74, 6) is 2.65. The van der Waals surface area contributed by atoms with E-state index in [-0.39, 0.29) is 0 Å². The molecule has 38 heavy (non-hydrogen) atoms. The molecule has 0 radical (unpaired) electrons. The average Bonchev–Trinajstić information content (AvgIpc) is 2.97. The fourth-order valence-corrected chi connectivity index (χ4v) is 4.30. The van der Waals surface area contributed by atoms with Crippen molar-refractivity contribution in [3.8, 4) is 0 Å². The zero-order chi connectivity index (χ0) is 26.2. The van der Waals surface area contributed by atoms with E-state index >= 15 is 0 Å². The topological polar surface area (TPSA) is 95.0 Å². The molecule has 0 aliphatic carbocycles. The highest BCUT2D eigenvalue weighted by molar-refractivity contribution is 5.75. The lowest BCUT2D eigenvalue weighted by Crippen LogP contribution is -2.47. The predicted molar refractivity (Wildman–Crippen MR) is 152 cm³/mol. The first kappa shape index (κ1) is 25.3. The molecule has 1 saturated heterocycles. The molecule has 4 aromatic rings. The normalized spacial score (nSPS) is 13.8. The van der Waals surface area contributed by atoms with E-state index in [9.17, 15) is 0 Å². The Kier molecular flexibility index (Phi) is 8.15. The van der Waals surface area contributed by atoms with Crippen molar-refractivity contribution < 1.29 is 0 Å². The van der Waals surface area contributed by atoms with Crippen molar-refractivity contribution in [2.24, 2.45) is 0 Å². The van der Waals surface area contributed by atoms with Gasteiger partial charge in [-0.3, -0.25) is 9.88 Å². The molecular weight excluding hydrogens is 474 g/mol. The average molecular weight is 508 g/mol. The third-order valence-corrected chi connectivity index (χ3v) is 6.53. The number of aromatic nitrogens is 5. The third-order valence-electron chi connectivity index (χ3n) is 6.53. The number of aryl methyl sites for hydroxylation is 1. The molecular formula is C29H33N9. The number of nitrogens with one attached hydrogen (secondary N) is 2. The SMILES string of the molecule is C=C(Nc1ccccc1)c1ccc(Nc2nc(CC)nc(N3CCN(CCc4ccncc4)CC3)n2)nc1. The first-order valence-corrected chi connectivity index (χ1v) is 13.0. The van der Waals surface area contributed by atoms with Gasteiger partial charge in [-0.2, -0.15) is 15.0 Å². The first-order valence-electron chi connectivity index (χ1n) is 13.0. The third kappa shape index (κ3) is 6.68. The summed E-state index contributed by atoms with van der Waals surface area (Å²) < 4.78 is 0. The molecule has 4 heterocycles. The first-order chi connectivity index (χ1) is 18.7. The highest BCUT2D eigenvalue weighted by Crippen LogP contribution is 2.20. The Hall–Kier alpha value is -4.37. The number of hydrogen-bond acceptors (Lipinski definition) is 9. The van der Waals surface area contributed by atoms with Crippen molar-refractivity contribution in [3.05, 3.63) is 96.7 Å². The second-order valence-electron chi connectivity index (χ2n) is 9.19. The minimum atomic E-state index is 0.508. The summed E-state index contributed by atoms with van der Waals surface area (Å²) in [7, 11) is 0. The second-order valence-corrected chi connectivity index (χ2v) is 9.19. The number of para-hydroxylation sites is 1. The lowest BCUT2D eigenvalue weighted by atomic mass is 10.2. The lowest BCUT2D eigenvalue weighted by molar-refractivity contribution is 0.259. The minimum absolute atomic E-state index is 0.508. The summed E-state index contributed by atoms with van der Waals surface area (Å²) in [5.41, 5.74) is 4.00. The fraction of sp³-hybridized carbons (Fsp3) is 0.276.